The fourth-order valence-corrected chi connectivity index (χ4v) is 2.09. The number of carbonyl (C=O) groups excluding carboxylic acids is 1. The Morgan fingerprint density at radius 1 is 0.905 bits per heavy atom. The SMILES string of the molecule is O=C(CCCc1ccccc1)c1ccc(C(F)(F)F)cc1. The number of alkyl halides is 3. The van der Waals surface area contributed by atoms with E-state index >= 15 is 0 Å². The van der Waals surface area contributed by atoms with Crippen LogP contribution in [0.15, 0.2) is 54.6 Å². The van der Waals surface area contributed by atoms with Crippen molar-refractivity contribution in [2.24, 2.45) is 0 Å². The van der Waals surface area contributed by atoms with Gasteiger partial charge < -0.3 is 0 Å². The lowest BCUT2D eigenvalue weighted by Gasteiger charge is -2.07. The molecule has 2 aromatic carbocycles. The van der Waals surface area contributed by atoms with Crippen molar-refractivity contribution < 1.29 is 18.0 Å². The van der Waals surface area contributed by atoms with E-state index in [9.17, 15) is 18.0 Å². The molecule has 0 saturated carbocycles. The second-order valence-electron chi connectivity index (χ2n) is 4.84. The zero-order valence-electron chi connectivity index (χ0n) is 11.4. The van der Waals surface area contributed by atoms with Gasteiger partial charge in [0.1, 0.15) is 0 Å². The molecule has 0 unspecified atom stereocenters. The third kappa shape index (κ3) is 4.45. The maximum absolute atomic E-state index is 12.4. The van der Waals surface area contributed by atoms with Gasteiger partial charge in [0.05, 0.1) is 5.56 Å². The molecule has 4 heteroatoms. The molecule has 1 nitrogen and oxygen atoms in total. The van der Waals surface area contributed by atoms with Crippen LogP contribution in [-0.4, -0.2) is 5.78 Å². The predicted octanol–water partition coefficient (Wildman–Crippen LogP) is 4.91. The maximum Gasteiger partial charge on any atom is 0.416 e. The first-order valence-corrected chi connectivity index (χ1v) is 6.71. The molecule has 21 heavy (non-hydrogen) atoms. The highest BCUT2D eigenvalue weighted by atomic mass is 19.4. The number of aryl methyl sites for hydroxylation is 1. The Kier molecular flexibility index (Phi) is 4.78. The van der Waals surface area contributed by atoms with E-state index in [0.29, 0.717) is 18.4 Å². The Morgan fingerprint density at radius 3 is 2.10 bits per heavy atom. The summed E-state index contributed by atoms with van der Waals surface area (Å²) in [4.78, 5) is 11.9. The van der Waals surface area contributed by atoms with Gasteiger partial charge in [0.15, 0.2) is 5.78 Å². The number of rotatable bonds is 5. The standard InChI is InChI=1S/C17H15F3O/c18-17(19,20)15-11-9-14(10-12-15)16(21)8-4-7-13-5-2-1-3-6-13/h1-3,5-6,9-12H,4,7-8H2. The van der Waals surface area contributed by atoms with Crippen molar-refractivity contribution in [2.45, 2.75) is 25.4 Å². The molecular weight excluding hydrogens is 277 g/mol. The van der Waals surface area contributed by atoms with Gasteiger partial charge in [-0.1, -0.05) is 42.5 Å². The average molecular weight is 292 g/mol. The summed E-state index contributed by atoms with van der Waals surface area (Å²) < 4.78 is 37.3. The summed E-state index contributed by atoms with van der Waals surface area (Å²) in [6, 6.07) is 14.2. The minimum Gasteiger partial charge on any atom is -0.294 e. The lowest BCUT2D eigenvalue weighted by Crippen LogP contribution is -2.06. The van der Waals surface area contributed by atoms with E-state index in [1.807, 2.05) is 30.3 Å². The van der Waals surface area contributed by atoms with Crippen LogP contribution in [0.3, 0.4) is 0 Å². The Morgan fingerprint density at radius 2 is 1.52 bits per heavy atom. The summed E-state index contributed by atoms with van der Waals surface area (Å²) in [6.07, 6.45) is -2.56. The molecule has 0 amide bonds. The van der Waals surface area contributed by atoms with E-state index in [-0.39, 0.29) is 5.78 Å². The molecule has 0 saturated heterocycles. The molecule has 0 aliphatic heterocycles. The number of Topliss-reactive ketones (excluding diaryl/α,β-unsaturated/α-hetero) is 1. The summed E-state index contributed by atoms with van der Waals surface area (Å²) in [6.45, 7) is 0. The number of carbonyl (C=O) groups is 1. The van der Waals surface area contributed by atoms with Crippen LogP contribution in [0.4, 0.5) is 13.2 Å². The second-order valence-corrected chi connectivity index (χ2v) is 4.84. The molecular formula is C17H15F3O. The minimum absolute atomic E-state index is 0.125. The van der Waals surface area contributed by atoms with Crippen molar-refractivity contribution in [1.29, 1.82) is 0 Å². The monoisotopic (exact) mass is 292 g/mol. The van der Waals surface area contributed by atoms with Crippen molar-refractivity contribution in [1.82, 2.24) is 0 Å². The van der Waals surface area contributed by atoms with E-state index in [0.717, 1.165) is 24.1 Å². The third-order valence-electron chi connectivity index (χ3n) is 3.25. The number of ketones is 1. The van der Waals surface area contributed by atoms with Crippen LogP contribution in [0.2, 0.25) is 0 Å². The van der Waals surface area contributed by atoms with Gasteiger partial charge >= 0.3 is 6.18 Å². The van der Waals surface area contributed by atoms with Crippen LogP contribution in [0.1, 0.15) is 34.3 Å². The normalized spacial score (nSPS) is 11.4. The molecule has 0 heterocycles. The number of halogens is 3. The maximum atomic E-state index is 12.4. The minimum atomic E-state index is -4.37. The van der Waals surface area contributed by atoms with Crippen molar-refractivity contribution >= 4 is 5.78 Å². The Balaban J connectivity index is 1.89. The molecule has 0 N–H and O–H groups in total. The van der Waals surface area contributed by atoms with Gasteiger partial charge in [-0.25, -0.2) is 0 Å². The number of benzene rings is 2. The quantitative estimate of drug-likeness (QED) is 0.715. The number of hydrogen-bond acceptors (Lipinski definition) is 1. The van der Waals surface area contributed by atoms with Crippen molar-refractivity contribution in [3.05, 3.63) is 71.3 Å². The van der Waals surface area contributed by atoms with E-state index in [4.69, 9.17) is 0 Å². The van der Waals surface area contributed by atoms with Crippen molar-refractivity contribution in [3.8, 4) is 0 Å². The number of hydrogen-bond donors (Lipinski definition) is 0. The van der Waals surface area contributed by atoms with Crippen LogP contribution in [-0.2, 0) is 12.6 Å². The predicted molar refractivity (Wildman–Crippen MR) is 75.2 cm³/mol. The Bertz CT molecular complexity index is 586. The van der Waals surface area contributed by atoms with E-state index in [1.165, 1.54) is 12.1 Å². The first kappa shape index (κ1) is 15.3. The molecule has 0 aromatic heterocycles. The van der Waals surface area contributed by atoms with Crippen LogP contribution >= 0.6 is 0 Å². The Hall–Kier alpha value is -2.10. The second kappa shape index (κ2) is 6.57. The molecule has 0 atom stereocenters. The van der Waals surface area contributed by atoms with Gasteiger partial charge in [0, 0.05) is 12.0 Å². The lowest BCUT2D eigenvalue weighted by molar-refractivity contribution is -0.137. The van der Waals surface area contributed by atoms with E-state index in [1.54, 1.807) is 0 Å². The topological polar surface area (TPSA) is 17.1 Å². The third-order valence-corrected chi connectivity index (χ3v) is 3.25. The van der Waals surface area contributed by atoms with E-state index < -0.39 is 11.7 Å². The first-order chi connectivity index (χ1) is 9.97. The van der Waals surface area contributed by atoms with Gasteiger partial charge in [-0.3, -0.25) is 4.79 Å². The highest BCUT2D eigenvalue weighted by molar-refractivity contribution is 5.96. The van der Waals surface area contributed by atoms with Crippen molar-refractivity contribution in [2.75, 3.05) is 0 Å². The van der Waals surface area contributed by atoms with Gasteiger partial charge in [-0.15, -0.1) is 0 Å². The van der Waals surface area contributed by atoms with Crippen LogP contribution in [0.25, 0.3) is 0 Å². The molecule has 2 rings (SSSR count). The molecule has 0 bridgehead atoms. The Labute approximate surface area is 121 Å². The molecule has 0 radical (unpaired) electrons. The summed E-state index contributed by atoms with van der Waals surface area (Å²) in [5.74, 6) is -0.125. The molecule has 110 valence electrons. The highest BCUT2D eigenvalue weighted by Gasteiger charge is 2.30. The molecule has 0 aliphatic rings. The zero-order chi connectivity index (χ0) is 15.3. The van der Waals surface area contributed by atoms with E-state index in [2.05, 4.69) is 0 Å². The summed E-state index contributed by atoms with van der Waals surface area (Å²) >= 11 is 0. The highest BCUT2D eigenvalue weighted by Crippen LogP contribution is 2.29. The van der Waals surface area contributed by atoms with Gasteiger partial charge in [0.25, 0.3) is 0 Å². The molecule has 0 fully saturated rings. The van der Waals surface area contributed by atoms with Crippen molar-refractivity contribution in [3.63, 3.8) is 0 Å². The van der Waals surface area contributed by atoms with Gasteiger partial charge in [-0.05, 0) is 30.5 Å². The summed E-state index contributed by atoms with van der Waals surface area (Å²) in [5, 5.41) is 0. The summed E-state index contributed by atoms with van der Waals surface area (Å²) in [7, 11) is 0. The molecule has 0 aliphatic carbocycles. The van der Waals surface area contributed by atoms with Crippen LogP contribution in [0.5, 0.6) is 0 Å². The summed E-state index contributed by atoms with van der Waals surface area (Å²) in [5.41, 5.74) is 0.747. The fourth-order valence-electron chi connectivity index (χ4n) is 2.09. The van der Waals surface area contributed by atoms with Crippen LogP contribution < -0.4 is 0 Å². The zero-order valence-corrected chi connectivity index (χ0v) is 11.4. The van der Waals surface area contributed by atoms with Gasteiger partial charge in [0.2, 0.25) is 0 Å². The largest absolute Gasteiger partial charge is 0.416 e. The molecule has 0 spiro atoms. The first-order valence-electron chi connectivity index (χ1n) is 6.71. The average Bonchev–Trinajstić information content (AvgIpc) is 2.47. The molecule has 2 aromatic rings. The fraction of sp³-hybridized carbons (Fsp3) is 0.235. The lowest BCUT2D eigenvalue weighted by atomic mass is 10.0. The van der Waals surface area contributed by atoms with Gasteiger partial charge in [-0.2, -0.15) is 13.2 Å². The van der Waals surface area contributed by atoms with Crippen LogP contribution in [0, 0.1) is 0 Å². The smallest absolute Gasteiger partial charge is 0.294 e.